The summed E-state index contributed by atoms with van der Waals surface area (Å²) in [6.07, 6.45) is 18.5. The lowest BCUT2D eigenvalue weighted by Gasteiger charge is -2.44. The third kappa shape index (κ3) is 4.66. The van der Waals surface area contributed by atoms with E-state index in [9.17, 15) is 5.11 Å². The minimum absolute atomic E-state index is 0.322. The molecule has 3 aliphatic carbocycles. The first-order valence-electron chi connectivity index (χ1n) is 12.1. The quantitative estimate of drug-likeness (QED) is 0.499. The largest absolute Gasteiger partial charge is 0.388 e. The van der Waals surface area contributed by atoms with Crippen molar-refractivity contribution in [2.75, 3.05) is 0 Å². The molecule has 0 radical (unpaired) electrons. The zero-order chi connectivity index (χ0) is 20.3. The number of fused-ring (bicyclic) bond motifs is 1. The van der Waals surface area contributed by atoms with Crippen LogP contribution in [-0.2, 0) is 0 Å². The van der Waals surface area contributed by atoms with E-state index in [4.69, 9.17) is 0 Å². The number of hydrogen-bond donors (Lipinski definition) is 1. The number of allylic oxidation sites excluding steroid dienone is 3. The maximum atomic E-state index is 10.1. The van der Waals surface area contributed by atoms with Crippen molar-refractivity contribution in [1.82, 2.24) is 0 Å². The van der Waals surface area contributed by atoms with E-state index in [1.807, 2.05) is 0 Å². The van der Waals surface area contributed by atoms with Gasteiger partial charge in [0.2, 0.25) is 0 Å². The first-order chi connectivity index (χ1) is 13.3. The monoisotopic (exact) mass is 384 g/mol. The number of aliphatic hydroxyl groups excluding tert-OH is 1. The number of rotatable bonds is 6. The second-order valence-electron chi connectivity index (χ2n) is 10.8. The molecule has 0 aromatic heterocycles. The molecule has 1 heteroatoms. The smallest absolute Gasteiger partial charge is 0.0787 e. The number of aliphatic hydroxyl groups is 1. The maximum Gasteiger partial charge on any atom is 0.0787 e. The van der Waals surface area contributed by atoms with Crippen molar-refractivity contribution in [1.29, 1.82) is 0 Å². The molecule has 1 nitrogen and oxygen atoms in total. The molecule has 0 aromatic carbocycles. The van der Waals surface area contributed by atoms with E-state index in [-0.39, 0.29) is 6.10 Å². The van der Waals surface area contributed by atoms with Gasteiger partial charge in [-0.05, 0) is 91.6 Å². The third-order valence-corrected chi connectivity index (χ3v) is 8.40. The van der Waals surface area contributed by atoms with Crippen molar-refractivity contribution >= 4 is 0 Å². The topological polar surface area (TPSA) is 20.2 Å². The molecular weight excluding hydrogens is 340 g/mol. The van der Waals surface area contributed by atoms with Gasteiger partial charge < -0.3 is 5.11 Å². The van der Waals surface area contributed by atoms with Gasteiger partial charge in [-0.3, -0.25) is 0 Å². The second-order valence-corrected chi connectivity index (χ2v) is 10.8. The van der Waals surface area contributed by atoms with Crippen LogP contribution in [0.25, 0.3) is 0 Å². The lowest BCUT2D eigenvalue weighted by Crippen LogP contribution is -2.36. The fourth-order valence-electron chi connectivity index (χ4n) is 6.70. The minimum Gasteiger partial charge on any atom is -0.388 e. The Balaban J connectivity index is 1.70. The molecule has 0 bridgehead atoms. The van der Waals surface area contributed by atoms with Gasteiger partial charge in [0, 0.05) is 0 Å². The van der Waals surface area contributed by atoms with Gasteiger partial charge in [-0.15, -0.1) is 0 Å². The van der Waals surface area contributed by atoms with Gasteiger partial charge in [-0.1, -0.05) is 71.3 Å². The molecule has 3 fully saturated rings. The predicted octanol–water partition coefficient (Wildman–Crippen LogP) is 7.62. The van der Waals surface area contributed by atoms with Crippen LogP contribution in [0.5, 0.6) is 0 Å². The van der Waals surface area contributed by atoms with Crippen LogP contribution in [-0.4, -0.2) is 11.2 Å². The molecule has 0 saturated heterocycles. The highest BCUT2D eigenvalue weighted by molar-refractivity contribution is 5.37. The van der Waals surface area contributed by atoms with Gasteiger partial charge in [-0.2, -0.15) is 0 Å². The zero-order valence-electron chi connectivity index (χ0n) is 19.0. The van der Waals surface area contributed by atoms with Crippen molar-refractivity contribution in [3.05, 3.63) is 35.5 Å². The van der Waals surface area contributed by atoms with Crippen LogP contribution in [0, 0.1) is 29.1 Å². The highest BCUT2D eigenvalue weighted by Crippen LogP contribution is 2.59. The van der Waals surface area contributed by atoms with Crippen molar-refractivity contribution in [3.63, 3.8) is 0 Å². The van der Waals surface area contributed by atoms with Crippen LogP contribution < -0.4 is 0 Å². The Bertz CT molecular complexity index is 610. The Kier molecular flexibility index (Phi) is 7.29. The molecule has 158 valence electrons. The normalized spacial score (nSPS) is 37.6. The van der Waals surface area contributed by atoms with Gasteiger partial charge in [0.05, 0.1) is 6.10 Å². The van der Waals surface area contributed by atoms with E-state index in [1.165, 1.54) is 56.9 Å². The van der Waals surface area contributed by atoms with Crippen LogP contribution in [0.4, 0.5) is 0 Å². The van der Waals surface area contributed by atoms with Crippen LogP contribution in [0.1, 0.15) is 98.3 Å². The molecule has 0 aromatic rings. The third-order valence-electron chi connectivity index (χ3n) is 8.40. The molecule has 1 N–H and O–H groups in total. The summed E-state index contributed by atoms with van der Waals surface area (Å²) < 4.78 is 0. The lowest BCUT2D eigenvalue weighted by atomic mass is 9.60. The van der Waals surface area contributed by atoms with E-state index >= 15 is 0 Å². The summed E-state index contributed by atoms with van der Waals surface area (Å²) in [5, 5.41) is 10.1. The fraction of sp³-hybridized carbons (Fsp3) is 0.778. The highest BCUT2D eigenvalue weighted by atomic mass is 16.3. The summed E-state index contributed by atoms with van der Waals surface area (Å²) in [5.41, 5.74) is 4.44. The van der Waals surface area contributed by atoms with Gasteiger partial charge in [-0.25, -0.2) is 0 Å². The summed E-state index contributed by atoms with van der Waals surface area (Å²) in [6, 6.07) is 0. The van der Waals surface area contributed by atoms with Crippen LogP contribution in [0.3, 0.4) is 0 Å². The number of hydrogen-bond acceptors (Lipinski definition) is 1. The molecule has 3 rings (SSSR count). The van der Waals surface area contributed by atoms with Crippen LogP contribution in [0.2, 0.25) is 0 Å². The highest BCUT2D eigenvalue weighted by Gasteiger charge is 2.50. The first-order valence-corrected chi connectivity index (χ1v) is 12.1. The molecule has 3 aliphatic rings. The Morgan fingerprint density at radius 1 is 1.07 bits per heavy atom. The fourth-order valence-corrected chi connectivity index (χ4v) is 6.70. The minimum atomic E-state index is -0.322. The van der Waals surface area contributed by atoms with Crippen LogP contribution in [0.15, 0.2) is 35.5 Å². The Labute approximate surface area is 174 Å². The van der Waals surface area contributed by atoms with Crippen LogP contribution >= 0.6 is 0 Å². The average molecular weight is 385 g/mol. The molecule has 0 spiro atoms. The zero-order valence-corrected chi connectivity index (χ0v) is 19.0. The molecule has 0 unspecified atom stereocenters. The molecule has 0 aliphatic heterocycles. The summed E-state index contributed by atoms with van der Waals surface area (Å²) in [6.45, 7) is 14.0. The standard InChI is InChI=1S/C27H44O/c1-19(2)9-6-10-20(3)24-16-17-25-23(12-8-18-27(24,25)5)15-14-22-11-7-13-26(28)21(22)4/h14-15,19-20,24-26,28H,4,6-13,16-18H2,1-3,5H3/t20-,24-,25+,26-,27-/m1/s1. The molecule has 0 amide bonds. The van der Waals surface area contributed by atoms with E-state index in [0.717, 1.165) is 48.5 Å². The van der Waals surface area contributed by atoms with Crippen molar-refractivity contribution in [2.45, 2.75) is 104 Å². The Morgan fingerprint density at radius 3 is 2.61 bits per heavy atom. The Hall–Kier alpha value is -0.820. The summed E-state index contributed by atoms with van der Waals surface area (Å²) in [7, 11) is 0. The second kappa shape index (κ2) is 9.33. The average Bonchev–Trinajstić information content (AvgIpc) is 3.00. The summed E-state index contributed by atoms with van der Waals surface area (Å²) in [4.78, 5) is 0. The summed E-state index contributed by atoms with van der Waals surface area (Å²) >= 11 is 0. The molecular formula is C27H44O. The maximum absolute atomic E-state index is 10.1. The van der Waals surface area contributed by atoms with Gasteiger partial charge in [0.1, 0.15) is 0 Å². The van der Waals surface area contributed by atoms with E-state index in [2.05, 4.69) is 46.4 Å². The Morgan fingerprint density at radius 2 is 1.86 bits per heavy atom. The SMILES string of the molecule is C=C1C(=CC=C2CCC[C@]3(C)[C@@H]([C@H](C)CCCC(C)C)CC[C@@H]23)CCC[C@H]1O. The van der Waals surface area contributed by atoms with E-state index in [1.54, 1.807) is 5.57 Å². The first kappa shape index (κ1) is 21.9. The van der Waals surface area contributed by atoms with E-state index in [0.29, 0.717) is 5.41 Å². The van der Waals surface area contributed by atoms with Crippen molar-refractivity contribution < 1.29 is 5.11 Å². The molecule has 3 saturated carbocycles. The van der Waals surface area contributed by atoms with Gasteiger partial charge >= 0.3 is 0 Å². The molecule has 5 atom stereocenters. The van der Waals surface area contributed by atoms with Gasteiger partial charge in [0.15, 0.2) is 0 Å². The predicted molar refractivity (Wildman–Crippen MR) is 121 cm³/mol. The lowest BCUT2D eigenvalue weighted by molar-refractivity contribution is 0.0929. The molecule has 28 heavy (non-hydrogen) atoms. The summed E-state index contributed by atoms with van der Waals surface area (Å²) in [5.74, 6) is 3.37. The van der Waals surface area contributed by atoms with Crippen molar-refractivity contribution in [3.8, 4) is 0 Å². The van der Waals surface area contributed by atoms with Gasteiger partial charge in [0.25, 0.3) is 0 Å². The molecule has 0 heterocycles. The van der Waals surface area contributed by atoms with E-state index < -0.39 is 0 Å². The van der Waals surface area contributed by atoms with Crippen molar-refractivity contribution in [2.24, 2.45) is 29.1 Å².